The Hall–Kier alpha value is -1.54. The van der Waals surface area contributed by atoms with E-state index in [0.717, 1.165) is 0 Å². The number of rotatable bonds is 7. The molecule has 2 aromatic rings. The van der Waals surface area contributed by atoms with Gasteiger partial charge in [0.15, 0.2) is 0 Å². The molecule has 6 nitrogen and oxygen atoms in total. The van der Waals surface area contributed by atoms with Crippen molar-refractivity contribution in [2.45, 2.75) is 31.3 Å². The number of hydrogen-bond acceptors (Lipinski definition) is 5. The van der Waals surface area contributed by atoms with Crippen molar-refractivity contribution in [3.8, 4) is 5.75 Å². The summed E-state index contributed by atoms with van der Waals surface area (Å²) in [6.07, 6.45) is -0.576. The van der Waals surface area contributed by atoms with Crippen LogP contribution in [0.2, 0.25) is 5.02 Å². The van der Waals surface area contributed by atoms with Gasteiger partial charge in [-0.25, -0.2) is 13.1 Å². The minimum atomic E-state index is -3.72. The van der Waals surface area contributed by atoms with Gasteiger partial charge >= 0.3 is 0 Å². The minimum Gasteiger partial charge on any atom is -0.495 e. The maximum atomic E-state index is 12.3. The number of sulfonamides is 1. The summed E-state index contributed by atoms with van der Waals surface area (Å²) in [6, 6.07) is 5.97. The fourth-order valence-corrected chi connectivity index (χ4v) is 3.76. The predicted octanol–water partition coefficient (Wildman–Crippen LogP) is 2.96. The van der Waals surface area contributed by atoms with Gasteiger partial charge in [-0.05, 0) is 44.5 Å². The zero-order valence-electron chi connectivity index (χ0n) is 13.7. The minimum absolute atomic E-state index is 0.0399. The van der Waals surface area contributed by atoms with Gasteiger partial charge in [-0.3, -0.25) is 0 Å². The van der Waals surface area contributed by atoms with E-state index in [1.807, 2.05) is 0 Å². The monoisotopic (exact) mass is 373 g/mol. The maximum absolute atomic E-state index is 12.3. The molecule has 2 N–H and O–H groups in total. The highest BCUT2D eigenvalue weighted by atomic mass is 35.5. The highest BCUT2D eigenvalue weighted by Crippen LogP contribution is 2.27. The summed E-state index contributed by atoms with van der Waals surface area (Å²) in [6.45, 7) is 3.63. The topological polar surface area (TPSA) is 88.8 Å². The molecular formula is C16H20ClNO5S. The van der Waals surface area contributed by atoms with Crippen LogP contribution < -0.4 is 9.46 Å². The van der Waals surface area contributed by atoms with Gasteiger partial charge in [0.25, 0.3) is 0 Å². The predicted molar refractivity (Wildman–Crippen MR) is 91.0 cm³/mol. The van der Waals surface area contributed by atoms with Crippen LogP contribution in [0.3, 0.4) is 0 Å². The lowest BCUT2D eigenvalue weighted by atomic mass is 10.1. The van der Waals surface area contributed by atoms with Gasteiger partial charge in [-0.15, -0.1) is 0 Å². The summed E-state index contributed by atoms with van der Waals surface area (Å²) in [7, 11) is -2.26. The largest absolute Gasteiger partial charge is 0.495 e. The molecule has 2 rings (SSSR count). The van der Waals surface area contributed by atoms with E-state index in [2.05, 4.69) is 4.72 Å². The summed E-state index contributed by atoms with van der Waals surface area (Å²) in [5, 5.41) is 10.4. The number of aliphatic hydroxyl groups is 1. The summed E-state index contributed by atoms with van der Waals surface area (Å²) in [5.41, 5.74) is 0.666. The van der Waals surface area contributed by atoms with Gasteiger partial charge in [-0.2, -0.15) is 0 Å². The molecule has 1 atom stereocenters. The number of hydrogen-bond donors (Lipinski definition) is 2. The number of nitrogens with one attached hydrogen (secondary N) is 1. The lowest BCUT2D eigenvalue weighted by Crippen LogP contribution is -2.26. The maximum Gasteiger partial charge on any atom is 0.240 e. The van der Waals surface area contributed by atoms with E-state index in [1.54, 1.807) is 19.9 Å². The Labute approximate surface area is 146 Å². The van der Waals surface area contributed by atoms with E-state index in [-0.39, 0.29) is 22.9 Å². The average molecular weight is 374 g/mol. The van der Waals surface area contributed by atoms with Gasteiger partial charge < -0.3 is 14.3 Å². The smallest absolute Gasteiger partial charge is 0.240 e. The van der Waals surface area contributed by atoms with Crippen molar-refractivity contribution >= 4 is 21.6 Å². The Morgan fingerprint density at radius 2 is 2.04 bits per heavy atom. The summed E-state index contributed by atoms with van der Waals surface area (Å²) < 4.78 is 37.3. The van der Waals surface area contributed by atoms with Crippen LogP contribution in [0, 0.1) is 13.8 Å². The van der Waals surface area contributed by atoms with Crippen LogP contribution >= 0.6 is 11.6 Å². The van der Waals surface area contributed by atoms with E-state index in [4.69, 9.17) is 20.8 Å². The van der Waals surface area contributed by atoms with Gasteiger partial charge in [0.1, 0.15) is 17.3 Å². The SMILES string of the molecule is COc1ccc(S(=O)(=O)NCC[C@H](O)c2cc(C)oc2C)cc1Cl. The molecule has 0 unspecified atom stereocenters. The van der Waals surface area contributed by atoms with Crippen LogP contribution in [-0.2, 0) is 10.0 Å². The number of ether oxygens (including phenoxy) is 1. The second-order valence-corrected chi connectivity index (χ2v) is 7.54. The standard InChI is InChI=1S/C16H20ClNO5S/c1-10-8-13(11(2)23-10)15(19)6-7-18-24(20,21)12-4-5-16(22-3)14(17)9-12/h4-5,8-9,15,18-19H,6-7H2,1-3H3/t15-/m0/s1. The first-order valence-electron chi connectivity index (χ1n) is 7.33. The molecule has 0 saturated heterocycles. The van der Waals surface area contributed by atoms with Crippen LogP contribution in [-0.4, -0.2) is 27.2 Å². The number of methoxy groups -OCH3 is 1. The second kappa shape index (κ2) is 7.57. The van der Waals surface area contributed by atoms with E-state index >= 15 is 0 Å². The van der Waals surface area contributed by atoms with Crippen molar-refractivity contribution in [2.24, 2.45) is 0 Å². The molecule has 0 saturated carbocycles. The van der Waals surface area contributed by atoms with Gasteiger partial charge in [0.05, 0.1) is 23.1 Å². The Kier molecular flexibility index (Phi) is 5.92. The first-order valence-corrected chi connectivity index (χ1v) is 9.19. The van der Waals surface area contributed by atoms with E-state index in [9.17, 15) is 13.5 Å². The highest BCUT2D eigenvalue weighted by Gasteiger charge is 2.18. The van der Waals surface area contributed by atoms with Crippen LogP contribution in [0.15, 0.2) is 33.6 Å². The van der Waals surface area contributed by atoms with Gasteiger partial charge in [-0.1, -0.05) is 11.6 Å². The molecule has 1 heterocycles. The molecule has 0 spiro atoms. The highest BCUT2D eigenvalue weighted by molar-refractivity contribution is 7.89. The fraction of sp³-hybridized carbons (Fsp3) is 0.375. The number of furan rings is 1. The average Bonchev–Trinajstić information content (AvgIpc) is 2.85. The van der Waals surface area contributed by atoms with Crippen LogP contribution in [0.1, 0.15) is 29.6 Å². The number of halogens is 1. The quantitative estimate of drug-likeness (QED) is 0.778. The molecule has 8 heteroatoms. The van der Waals surface area contributed by atoms with Crippen molar-refractivity contribution in [3.63, 3.8) is 0 Å². The zero-order chi connectivity index (χ0) is 17.9. The molecule has 1 aromatic heterocycles. The van der Waals surface area contributed by atoms with Gasteiger partial charge in [0.2, 0.25) is 10.0 Å². The van der Waals surface area contributed by atoms with Crippen molar-refractivity contribution in [1.29, 1.82) is 0 Å². The third-order valence-electron chi connectivity index (χ3n) is 3.58. The third kappa shape index (κ3) is 4.30. The molecule has 0 aliphatic carbocycles. The molecule has 0 aliphatic rings. The molecule has 0 radical (unpaired) electrons. The Morgan fingerprint density at radius 1 is 1.33 bits per heavy atom. The van der Waals surface area contributed by atoms with Gasteiger partial charge in [0, 0.05) is 12.1 Å². The zero-order valence-corrected chi connectivity index (χ0v) is 15.2. The number of benzene rings is 1. The molecule has 132 valence electrons. The first kappa shape index (κ1) is 18.8. The number of aliphatic hydroxyl groups excluding tert-OH is 1. The normalized spacial score (nSPS) is 13.0. The van der Waals surface area contributed by atoms with Crippen LogP contribution in [0.4, 0.5) is 0 Å². The fourth-order valence-electron chi connectivity index (χ4n) is 2.36. The van der Waals surface area contributed by atoms with Crippen molar-refractivity contribution in [3.05, 3.63) is 46.4 Å². The Bertz CT molecular complexity index is 816. The van der Waals surface area contributed by atoms with Crippen molar-refractivity contribution in [1.82, 2.24) is 4.72 Å². The summed E-state index contributed by atoms with van der Waals surface area (Å²) >= 11 is 5.95. The van der Waals surface area contributed by atoms with E-state index < -0.39 is 16.1 Å². The van der Waals surface area contributed by atoms with Crippen molar-refractivity contribution in [2.75, 3.05) is 13.7 Å². The summed E-state index contributed by atoms with van der Waals surface area (Å²) in [4.78, 5) is 0.0399. The molecular weight excluding hydrogens is 354 g/mol. The lowest BCUT2D eigenvalue weighted by molar-refractivity contribution is 0.167. The lowest BCUT2D eigenvalue weighted by Gasteiger charge is -2.12. The Morgan fingerprint density at radius 3 is 2.58 bits per heavy atom. The van der Waals surface area contributed by atoms with Crippen LogP contribution in [0.5, 0.6) is 5.75 Å². The molecule has 0 amide bonds. The molecule has 24 heavy (non-hydrogen) atoms. The molecule has 0 fully saturated rings. The van der Waals surface area contributed by atoms with E-state index in [0.29, 0.717) is 22.8 Å². The third-order valence-corrected chi connectivity index (χ3v) is 5.34. The molecule has 0 bridgehead atoms. The number of aryl methyl sites for hydroxylation is 2. The van der Waals surface area contributed by atoms with E-state index in [1.165, 1.54) is 25.3 Å². The molecule has 0 aliphatic heterocycles. The molecule has 1 aromatic carbocycles. The van der Waals surface area contributed by atoms with Crippen LogP contribution in [0.25, 0.3) is 0 Å². The first-order chi connectivity index (χ1) is 11.2. The Balaban J connectivity index is 2.00. The van der Waals surface area contributed by atoms with Crippen molar-refractivity contribution < 1.29 is 22.7 Å². The summed E-state index contributed by atoms with van der Waals surface area (Å²) in [5.74, 6) is 1.73. The second-order valence-electron chi connectivity index (χ2n) is 5.37.